The summed E-state index contributed by atoms with van der Waals surface area (Å²) in [5, 5.41) is 8.59. The van der Waals surface area contributed by atoms with Gasteiger partial charge in [-0.25, -0.2) is 4.39 Å². The molecular weight excluding hydrogens is 267 g/mol. The minimum Gasteiger partial charge on any atom is -0.481 e. The number of benzene rings is 1. The normalized spacial score (nSPS) is 10.3. The highest BCUT2D eigenvalue weighted by atomic mass is 79.9. The highest BCUT2D eigenvalue weighted by molar-refractivity contribution is 9.10. The van der Waals surface area contributed by atoms with E-state index in [4.69, 9.17) is 9.84 Å². The van der Waals surface area contributed by atoms with Gasteiger partial charge in [-0.15, -0.1) is 0 Å². The topological polar surface area (TPSA) is 46.5 Å². The highest BCUT2D eigenvalue weighted by Crippen LogP contribution is 2.22. The third-order valence-corrected chi connectivity index (χ3v) is 2.39. The minimum absolute atomic E-state index is 0.156. The Bertz CT molecular complexity index is 379. The van der Waals surface area contributed by atoms with Gasteiger partial charge in [0.1, 0.15) is 5.82 Å². The number of hydrogen-bond acceptors (Lipinski definition) is 2. The summed E-state index contributed by atoms with van der Waals surface area (Å²) in [6.07, 6.45) is -0.331. The van der Waals surface area contributed by atoms with Crippen molar-refractivity contribution in [2.24, 2.45) is 0 Å². The molecule has 0 aromatic heterocycles. The number of methoxy groups -OCH3 is 1. The lowest BCUT2D eigenvalue weighted by molar-refractivity contribution is -0.136. The summed E-state index contributed by atoms with van der Waals surface area (Å²) in [5.74, 6) is -1.59. The van der Waals surface area contributed by atoms with E-state index in [9.17, 15) is 9.18 Å². The molecule has 3 nitrogen and oxygen atoms in total. The molecule has 0 radical (unpaired) electrons. The smallest absolute Gasteiger partial charge is 0.307 e. The number of ether oxygens (including phenoxy) is 1. The predicted molar refractivity (Wildman–Crippen MR) is 56.2 cm³/mol. The summed E-state index contributed by atoms with van der Waals surface area (Å²) in [6, 6.07) is 3.07. The molecule has 1 rings (SSSR count). The molecule has 0 heterocycles. The maximum Gasteiger partial charge on any atom is 0.307 e. The molecule has 5 heteroatoms. The molecule has 0 saturated carbocycles. The van der Waals surface area contributed by atoms with Crippen molar-refractivity contribution < 1.29 is 19.0 Å². The Hall–Kier alpha value is -0.940. The van der Waals surface area contributed by atoms with Crippen molar-refractivity contribution in [3.8, 4) is 0 Å². The zero-order valence-corrected chi connectivity index (χ0v) is 9.67. The van der Waals surface area contributed by atoms with Crippen molar-refractivity contribution >= 4 is 21.9 Å². The van der Waals surface area contributed by atoms with Gasteiger partial charge in [0.15, 0.2) is 0 Å². The van der Waals surface area contributed by atoms with Crippen LogP contribution in [0.3, 0.4) is 0 Å². The lowest BCUT2D eigenvalue weighted by atomic mass is 10.1. The van der Waals surface area contributed by atoms with Gasteiger partial charge in [0.2, 0.25) is 0 Å². The second-order valence-corrected chi connectivity index (χ2v) is 3.91. The van der Waals surface area contributed by atoms with Gasteiger partial charge >= 0.3 is 5.97 Å². The molecule has 0 spiro atoms. The van der Waals surface area contributed by atoms with Gasteiger partial charge in [-0.3, -0.25) is 4.79 Å². The first-order valence-corrected chi connectivity index (χ1v) is 5.01. The van der Waals surface area contributed by atoms with E-state index < -0.39 is 11.8 Å². The van der Waals surface area contributed by atoms with Gasteiger partial charge in [0.05, 0.1) is 17.5 Å². The molecule has 1 N–H and O–H groups in total. The van der Waals surface area contributed by atoms with E-state index in [0.717, 1.165) is 5.56 Å². The third kappa shape index (κ3) is 3.28. The number of hydrogen-bond donors (Lipinski definition) is 1. The van der Waals surface area contributed by atoms with Crippen molar-refractivity contribution in [2.45, 2.75) is 13.0 Å². The van der Waals surface area contributed by atoms with Crippen molar-refractivity contribution in [2.75, 3.05) is 7.11 Å². The van der Waals surface area contributed by atoms with E-state index in [2.05, 4.69) is 15.9 Å². The zero-order chi connectivity index (χ0) is 11.4. The lowest BCUT2D eigenvalue weighted by Crippen LogP contribution is -2.04. The summed E-state index contributed by atoms with van der Waals surface area (Å²) in [6.45, 7) is 0.325. The van der Waals surface area contributed by atoms with Crippen LogP contribution in [0.1, 0.15) is 11.1 Å². The Balaban J connectivity index is 3.06. The summed E-state index contributed by atoms with van der Waals surface area (Å²) in [5.41, 5.74) is 0.894. The molecule has 0 saturated heterocycles. The summed E-state index contributed by atoms with van der Waals surface area (Å²) in [4.78, 5) is 10.5. The van der Waals surface area contributed by atoms with Gasteiger partial charge < -0.3 is 9.84 Å². The Morgan fingerprint density at radius 3 is 2.80 bits per heavy atom. The van der Waals surface area contributed by atoms with E-state index in [0.29, 0.717) is 6.61 Å². The van der Waals surface area contributed by atoms with Crippen LogP contribution >= 0.6 is 15.9 Å². The fraction of sp³-hybridized carbons (Fsp3) is 0.300. The lowest BCUT2D eigenvalue weighted by Gasteiger charge is -2.06. The number of carboxylic acid groups (broad SMARTS) is 1. The first-order valence-electron chi connectivity index (χ1n) is 4.22. The van der Waals surface area contributed by atoms with Crippen LogP contribution < -0.4 is 0 Å². The molecule has 15 heavy (non-hydrogen) atoms. The SMILES string of the molecule is COCc1cc(Br)c(F)c(CC(=O)O)c1. The number of rotatable bonds is 4. The van der Waals surface area contributed by atoms with Crippen LogP contribution in [0.5, 0.6) is 0 Å². The monoisotopic (exact) mass is 276 g/mol. The van der Waals surface area contributed by atoms with E-state index >= 15 is 0 Å². The summed E-state index contributed by atoms with van der Waals surface area (Å²) >= 11 is 3.03. The van der Waals surface area contributed by atoms with Gasteiger partial charge in [-0.05, 0) is 33.6 Å². The van der Waals surface area contributed by atoms with E-state index in [1.807, 2.05) is 0 Å². The molecule has 0 aliphatic carbocycles. The van der Waals surface area contributed by atoms with Crippen LogP contribution in [0.15, 0.2) is 16.6 Å². The second-order valence-electron chi connectivity index (χ2n) is 3.05. The van der Waals surface area contributed by atoms with Crippen molar-refractivity contribution in [1.29, 1.82) is 0 Å². The van der Waals surface area contributed by atoms with E-state index in [1.165, 1.54) is 13.2 Å². The van der Waals surface area contributed by atoms with Gasteiger partial charge in [-0.1, -0.05) is 0 Å². The Labute approximate surface area is 95.0 Å². The second kappa shape index (κ2) is 5.23. The van der Waals surface area contributed by atoms with E-state index in [-0.39, 0.29) is 16.5 Å². The van der Waals surface area contributed by atoms with Crippen LogP contribution in [0.25, 0.3) is 0 Å². The average molecular weight is 277 g/mol. The maximum atomic E-state index is 13.4. The number of halogens is 2. The quantitative estimate of drug-likeness (QED) is 0.919. The molecule has 0 aliphatic rings. The molecule has 0 bridgehead atoms. The largest absolute Gasteiger partial charge is 0.481 e. The van der Waals surface area contributed by atoms with Crippen molar-refractivity contribution in [3.63, 3.8) is 0 Å². The minimum atomic E-state index is -1.06. The predicted octanol–water partition coefficient (Wildman–Crippen LogP) is 2.36. The molecule has 82 valence electrons. The Morgan fingerprint density at radius 1 is 1.60 bits per heavy atom. The molecule has 0 unspecified atom stereocenters. The van der Waals surface area contributed by atoms with Crippen LogP contribution in [0.4, 0.5) is 4.39 Å². The molecule has 0 fully saturated rings. The van der Waals surface area contributed by atoms with Gasteiger partial charge in [0.25, 0.3) is 0 Å². The molecular formula is C10H10BrFO3. The van der Waals surface area contributed by atoms with Gasteiger partial charge in [0, 0.05) is 12.7 Å². The number of carboxylic acids is 1. The first-order chi connectivity index (χ1) is 7.04. The molecule has 0 amide bonds. The van der Waals surface area contributed by atoms with Crippen LogP contribution in [-0.4, -0.2) is 18.2 Å². The van der Waals surface area contributed by atoms with Crippen LogP contribution in [0.2, 0.25) is 0 Å². The summed E-state index contributed by atoms with van der Waals surface area (Å²) < 4.78 is 18.6. The molecule has 1 aromatic rings. The molecule has 1 aromatic carbocycles. The zero-order valence-electron chi connectivity index (χ0n) is 8.09. The third-order valence-electron chi connectivity index (χ3n) is 1.82. The van der Waals surface area contributed by atoms with Crippen molar-refractivity contribution in [3.05, 3.63) is 33.5 Å². The standard InChI is InChI=1S/C10H10BrFO3/c1-15-5-6-2-7(4-9(13)14)10(12)8(11)3-6/h2-3H,4-5H2,1H3,(H,13,14). The molecule has 0 atom stereocenters. The molecule has 0 aliphatic heterocycles. The number of carbonyl (C=O) groups is 1. The average Bonchev–Trinajstić information content (AvgIpc) is 2.13. The highest BCUT2D eigenvalue weighted by Gasteiger charge is 2.11. The van der Waals surface area contributed by atoms with Gasteiger partial charge in [-0.2, -0.15) is 0 Å². The fourth-order valence-electron chi connectivity index (χ4n) is 1.25. The summed E-state index contributed by atoms with van der Waals surface area (Å²) in [7, 11) is 1.52. The van der Waals surface area contributed by atoms with Crippen molar-refractivity contribution in [1.82, 2.24) is 0 Å². The van der Waals surface area contributed by atoms with Crippen LogP contribution in [0, 0.1) is 5.82 Å². The fourth-order valence-corrected chi connectivity index (χ4v) is 1.80. The first kappa shape index (κ1) is 12.1. The van der Waals surface area contributed by atoms with E-state index in [1.54, 1.807) is 6.07 Å². The van der Waals surface area contributed by atoms with Crippen LogP contribution in [-0.2, 0) is 22.6 Å². The Morgan fingerprint density at radius 2 is 2.27 bits per heavy atom. The Kier molecular flexibility index (Phi) is 4.23. The maximum absolute atomic E-state index is 13.4. The number of aliphatic carboxylic acids is 1.